The van der Waals surface area contributed by atoms with E-state index in [-0.39, 0.29) is 29.8 Å². The van der Waals surface area contributed by atoms with Crippen LogP contribution in [0.4, 0.5) is 0 Å². The first-order valence-corrected chi connectivity index (χ1v) is 8.48. The van der Waals surface area contributed by atoms with E-state index in [4.69, 9.17) is 0 Å². The fourth-order valence-corrected chi connectivity index (χ4v) is 4.48. The first-order valence-electron chi connectivity index (χ1n) is 7.84. The Morgan fingerprint density at radius 1 is 1.15 bits per heavy atom. The van der Waals surface area contributed by atoms with Gasteiger partial charge in [-0.1, -0.05) is 12.8 Å². The van der Waals surface area contributed by atoms with E-state index in [0.717, 1.165) is 50.9 Å². The summed E-state index contributed by atoms with van der Waals surface area (Å²) in [4.78, 5) is 28.6. The van der Waals surface area contributed by atoms with Gasteiger partial charge in [-0.2, -0.15) is 12.6 Å². The minimum Gasteiger partial charge on any atom is -0.331 e. The van der Waals surface area contributed by atoms with E-state index in [9.17, 15) is 9.59 Å². The molecule has 3 fully saturated rings. The molecule has 3 aliphatic rings. The molecule has 0 aromatic rings. The highest BCUT2D eigenvalue weighted by atomic mass is 32.1. The quantitative estimate of drug-likeness (QED) is 0.805. The standard InChI is InChI=1S/C15H24N2O2S/c18-13-9-16(10-15(11-20)6-2-3-7-15)14(19)12-5-1-4-8-17(12)13/h12,20H,1-11H2. The van der Waals surface area contributed by atoms with Crippen molar-refractivity contribution in [1.29, 1.82) is 0 Å². The van der Waals surface area contributed by atoms with Crippen LogP contribution >= 0.6 is 12.6 Å². The van der Waals surface area contributed by atoms with Crippen molar-refractivity contribution in [2.75, 3.05) is 25.4 Å². The maximum atomic E-state index is 12.7. The zero-order chi connectivity index (χ0) is 14.2. The number of hydrogen-bond donors (Lipinski definition) is 1. The van der Waals surface area contributed by atoms with E-state index in [0.29, 0.717) is 0 Å². The molecular formula is C15H24N2O2S. The van der Waals surface area contributed by atoms with Gasteiger partial charge in [0.2, 0.25) is 11.8 Å². The number of thiol groups is 1. The summed E-state index contributed by atoms with van der Waals surface area (Å²) < 4.78 is 0. The van der Waals surface area contributed by atoms with Gasteiger partial charge in [-0.3, -0.25) is 9.59 Å². The number of carbonyl (C=O) groups is 2. The van der Waals surface area contributed by atoms with Crippen LogP contribution in [0.5, 0.6) is 0 Å². The largest absolute Gasteiger partial charge is 0.331 e. The molecule has 2 saturated heterocycles. The molecule has 0 aromatic carbocycles. The summed E-state index contributed by atoms with van der Waals surface area (Å²) in [7, 11) is 0. The van der Waals surface area contributed by atoms with Crippen LogP contribution in [0, 0.1) is 5.41 Å². The zero-order valence-corrected chi connectivity index (χ0v) is 12.9. The van der Waals surface area contributed by atoms with Crippen molar-refractivity contribution in [1.82, 2.24) is 9.80 Å². The molecule has 1 atom stereocenters. The number of rotatable bonds is 3. The Hall–Kier alpha value is -0.710. The molecule has 0 radical (unpaired) electrons. The summed E-state index contributed by atoms with van der Waals surface area (Å²) in [5.41, 5.74) is 0.149. The lowest BCUT2D eigenvalue weighted by molar-refractivity contribution is -0.159. The van der Waals surface area contributed by atoms with Crippen LogP contribution in [0.15, 0.2) is 0 Å². The van der Waals surface area contributed by atoms with E-state index >= 15 is 0 Å². The maximum Gasteiger partial charge on any atom is 0.245 e. The van der Waals surface area contributed by atoms with Gasteiger partial charge in [-0.05, 0) is 43.3 Å². The molecule has 3 rings (SSSR count). The lowest BCUT2D eigenvalue weighted by Gasteiger charge is -2.45. The van der Waals surface area contributed by atoms with Crippen LogP contribution in [0.3, 0.4) is 0 Å². The Bertz CT molecular complexity index is 407. The number of hydrogen-bond acceptors (Lipinski definition) is 3. The van der Waals surface area contributed by atoms with Crippen molar-refractivity contribution in [2.24, 2.45) is 5.41 Å². The Morgan fingerprint density at radius 2 is 1.90 bits per heavy atom. The van der Waals surface area contributed by atoms with Gasteiger partial charge in [0.1, 0.15) is 6.04 Å². The highest BCUT2D eigenvalue weighted by Gasteiger charge is 2.43. The van der Waals surface area contributed by atoms with Gasteiger partial charge in [-0.25, -0.2) is 0 Å². The molecule has 2 amide bonds. The molecule has 1 saturated carbocycles. The van der Waals surface area contributed by atoms with Crippen molar-refractivity contribution in [3.63, 3.8) is 0 Å². The molecule has 20 heavy (non-hydrogen) atoms. The van der Waals surface area contributed by atoms with E-state index < -0.39 is 0 Å². The number of nitrogens with zero attached hydrogens (tertiary/aromatic N) is 2. The van der Waals surface area contributed by atoms with Crippen LogP contribution in [0.1, 0.15) is 44.9 Å². The summed E-state index contributed by atoms with van der Waals surface area (Å²) >= 11 is 4.51. The van der Waals surface area contributed by atoms with E-state index in [1.54, 1.807) is 0 Å². The molecule has 4 nitrogen and oxygen atoms in total. The molecular weight excluding hydrogens is 272 g/mol. The van der Waals surface area contributed by atoms with Crippen molar-refractivity contribution < 1.29 is 9.59 Å². The second-order valence-electron chi connectivity index (χ2n) is 6.66. The topological polar surface area (TPSA) is 40.6 Å². The molecule has 1 unspecified atom stereocenters. The third-order valence-corrected chi connectivity index (χ3v) is 5.94. The van der Waals surface area contributed by atoms with E-state index in [2.05, 4.69) is 12.6 Å². The monoisotopic (exact) mass is 296 g/mol. The Morgan fingerprint density at radius 3 is 2.60 bits per heavy atom. The lowest BCUT2D eigenvalue weighted by Crippen LogP contribution is -2.62. The van der Waals surface area contributed by atoms with Crippen molar-refractivity contribution in [3.8, 4) is 0 Å². The van der Waals surface area contributed by atoms with Crippen LogP contribution in [0.2, 0.25) is 0 Å². The molecule has 0 spiro atoms. The summed E-state index contributed by atoms with van der Waals surface area (Å²) in [6.07, 6.45) is 7.68. The minimum absolute atomic E-state index is 0.140. The molecule has 5 heteroatoms. The van der Waals surface area contributed by atoms with Crippen LogP contribution in [0.25, 0.3) is 0 Å². The first kappa shape index (κ1) is 14.2. The molecule has 2 heterocycles. The predicted molar refractivity (Wildman–Crippen MR) is 80.7 cm³/mol. The van der Waals surface area contributed by atoms with E-state index in [1.807, 2.05) is 9.80 Å². The molecule has 1 aliphatic carbocycles. The Kier molecular flexibility index (Phi) is 3.98. The number of fused-ring (bicyclic) bond motifs is 1. The fraction of sp³-hybridized carbons (Fsp3) is 0.867. The lowest BCUT2D eigenvalue weighted by atomic mass is 9.87. The highest BCUT2D eigenvalue weighted by Crippen LogP contribution is 2.40. The number of piperazine rings is 1. The smallest absolute Gasteiger partial charge is 0.245 e. The number of piperidine rings is 1. The molecule has 2 aliphatic heterocycles. The van der Waals surface area contributed by atoms with Crippen LogP contribution in [-0.4, -0.2) is 53.0 Å². The SMILES string of the molecule is O=C1C2CCCCN2C(=O)CN1CC1(CS)CCCC1. The fourth-order valence-electron chi connectivity index (χ4n) is 4.06. The average molecular weight is 296 g/mol. The molecule has 0 aromatic heterocycles. The van der Waals surface area contributed by atoms with Crippen LogP contribution in [-0.2, 0) is 9.59 Å². The summed E-state index contributed by atoms with van der Waals surface area (Å²) in [5.74, 6) is 1.14. The molecule has 0 bridgehead atoms. The zero-order valence-electron chi connectivity index (χ0n) is 12.0. The van der Waals surface area contributed by atoms with Gasteiger partial charge in [-0.15, -0.1) is 0 Å². The van der Waals surface area contributed by atoms with Gasteiger partial charge in [0.25, 0.3) is 0 Å². The van der Waals surface area contributed by atoms with Gasteiger partial charge >= 0.3 is 0 Å². The van der Waals surface area contributed by atoms with Crippen LogP contribution < -0.4 is 0 Å². The Balaban J connectivity index is 1.73. The second-order valence-corrected chi connectivity index (χ2v) is 6.97. The van der Waals surface area contributed by atoms with E-state index in [1.165, 1.54) is 12.8 Å². The maximum absolute atomic E-state index is 12.7. The third-order valence-electron chi connectivity index (χ3n) is 5.27. The van der Waals surface area contributed by atoms with Gasteiger partial charge in [0.15, 0.2) is 0 Å². The van der Waals surface area contributed by atoms with Gasteiger partial charge < -0.3 is 9.80 Å². The second kappa shape index (κ2) is 5.58. The third kappa shape index (κ3) is 2.45. The van der Waals surface area contributed by atoms with Gasteiger partial charge in [0, 0.05) is 13.1 Å². The first-order chi connectivity index (χ1) is 9.65. The molecule has 112 valence electrons. The normalized spacial score (nSPS) is 29.8. The van der Waals surface area contributed by atoms with Gasteiger partial charge in [0.05, 0.1) is 6.54 Å². The Labute approximate surface area is 126 Å². The highest BCUT2D eigenvalue weighted by molar-refractivity contribution is 7.80. The molecule has 0 N–H and O–H groups in total. The summed E-state index contributed by atoms with van der Waals surface area (Å²) in [5, 5.41) is 0. The van der Waals surface area contributed by atoms with Crippen molar-refractivity contribution >= 4 is 24.4 Å². The summed E-state index contributed by atoms with van der Waals surface area (Å²) in [6.45, 7) is 1.77. The number of amides is 2. The minimum atomic E-state index is -0.177. The summed E-state index contributed by atoms with van der Waals surface area (Å²) in [6, 6.07) is -0.177. The van der Waals surface area contributed by atoms with Crippen molar-refractivity contribution in [2.45, 2.75) is 51.0 Å². The number of carbonyl (C=O) groups excluding carboxylic acids is 2. The predicted octanol–water partition coefficient (Wildman–Crippen LogP) is 1.70. The van der Waals surface area contributed by atoms with Crippen molar-refractivity contribution in [3.05, 3.63) is 0 Å². The average Bonchev–Trinajstić information content (AvgIpc) is 2.94.